The molecule has 0 spiro atoms. The number of hydrogen-bond donors (Lipinski definition) is 3. The molecule has 3 rings (SSSR count). The molecule has 1 heterocycles. The zero-order valence-corrected chi connectivity index (χ0v) is 16.8. The normalized spacial score (nSPS) is 14.4. The Hall–Kier alpha value is -2.08. The van der Waals surface area contributed by atoms with Gasteiger partial charge in [-0.25, -0.2) is 0 Å². The van der Waals surface area contributed by atoms with Crippen LogP contribution in [0.25, 0.3) is 11.4 Å². The Morgan fingerprint density at radius 3 is 2.37 bits per heavy atom. The fourth-order valence-corrected chi connectivity index (χ4v) is 3.26. The SMILES string of the molecule is CCCCCCCCc1ccc(-c2noc(C3([NH+]=C(N)N)CC3)n2)cc1.[Cl-]. The number of nitrogens with one attached hydrogen (secondary N) is 1. The third kappa shape index (κ3) is 5.70. The molecule has 1 aromatic heterocycles. The van der Waals surface area contributed by atoms with Crippen molar-refractivity contribution in [3.05, 3.63) is 35.7 Å². The van der Waals surface area contributed by atoms with Crippen LogP contribution < -0.4 is 28.9 Å². The molecule has 7 heteroatoms. The first-order valence-electron chi connectivity index (χ1n) is 9.72. The monoisotopic (exact) mass is 391 g/mol. The van der Waals surface area contributed by atoms with Crippen LogP contribution in [-0.4, -0.2) is 16.1 Å². The highest BCUT2D eigenvalue weighted by Gasteiger charge is 2.51. The molecule has 1 fully saturated rings. The Morgan fingerprint density at radius 2 is 1.74 bits per heavy atom. The minimum absolute atomic E-state index is 0. The fourth-order valence-electron chi connectivity index (χ4n) is 3.26. The van der Waals surface area contributed by atoms with Crippen molar-refractivity contribution in [2.75, 3.05) is 0 Å². The molecule has 0 amide bonds. The molecular formula is C20H30ClN5O. The molecule has 1 aliphatic carbocycles. The molecule has 1 aliphatic rings. The average molecular weight is 392 g/mol. The summed E-state index contributed by atoms with van der Waals surface area (Å²) in [5.74, 6) is 1.34. The van der Waals surface area contributed by atoms with E-state index in [0.29, 0.717) is 11.7 Å². The lowest BCUT2D eigenvalue weighted by Gasteiger charge is -2.03. The van der Waals surface area contributed by atoms with E-state index in [-0.39, 0.29) is 23.9 Å². The Morgan fingerprint density at radius 1 is 1.07 bits per heavy atom. The van der Waals surface area contributed by atoms with Gasteiger partial charge in [-0.1, -0.05) is 68.4 Å². The molecule has 5 N–H and O–H groups in total. The number of benzene rings is 1. The number of unbranched alkanes of at least 4 members (excludes halogenated alkanes) is 5. The van der Waals surface area contributed by atoms with Crippen LogP contribution >= 0.6 is 0 Å². The molecule has 0 aliphatic heterocycles. The first kappa shape index (κ1) is 21.2. The summed E-state index contributed by atoms with van der Waals surface area (Å²) in [6.45, 7) is 2.25. The van der Waals surface area contributed by atoms with E-state index in [2.05, 4.69) is 46.3 Å². The maximum atomic E-state index is 5.56. The molecule has 0 atom stereocenters. The van der Waals surface area contributed by atoms with Gasteiger partial charge in [-0.3, -0.25) is 16.5 Å². The number of aryl methyl sites for hydroxylation is 1. The van der Waals surface area contributed by atoms with Crippen LogP contribution in [0.4, 0.5) is 0 Å². The number of halogens is 1. The van der Waals surface area contributed by atoms with Gasteiger partial charge in [0.15, 0.2) is 5.54 Å². The Labute approximate surface area is 167 Å². The number of aromatic nitrogens is 2. The molecule has 0 unspecified atom stereocenters. The Balaban J connectivity index is 0.00000261. The predicted octanol–water partition coefficient (Wildman–Crippen LogP) is -1.01. The first-order chi connectivity index (χ1) is 12.6. The largest absolute Gasteiger partial charge is 1.00 e. The summed E-state index contributed by atoms with van der Waals surface area (Å²) in [4.78, 5) is 7.57. The maximum Gasteiger partial charge on any atom is 0.339 e. The fraction of sp³-hybridized carbons (Fsp3) is 0.550. The van der Waals surface area contributed by atoms with Gasteiger partial charge >= 0.3 is 5.96 Å². The summed E-state index contributed by atoms with van der Waals surface area (Å²) < 4.78 is 5.44. The third-order valence-electron chi connectivity index (χ3n) is 5.00. The molecule has 6 nitrogen and oxygen atoms in total. The lowest BCUT2D eigenvalue weighted by Crippen LogP contribution is -3.00. The molecule has 148 valence electrons. The van der Waals surface area contributed by atoms with Crippen molar-refractivity contribution in [2.45, 2.75) is 70.3 Å². The van der Waals surface area contributed by atoms with Crippen molar-refractivity contribution in [3.63, 3.8) is 0 Å². The van der Waals surface area contributed by atoms with E-state index in [1.165, 1.54) is 44.1 Å². The highest BCUT2D eigenvalue weighted by molar-refractivity contribution is 5.69. The van der Waals surface area contributed by atoms with Gasteiger partial charge in [-0.05, 0) is 31.2 Å². The van der Waals surface area contributed by atoms with Crippen molar-refractivity contribution in [2.24, 2.45) is 11.5 Å². The van der Waals surface area contributed by atoms with Crippen molar-refractivity contribution < 1.29 is 21.9 Å². The molecule has 2 aromatic rings. The number of rotatable bonds is 10. The Bertz CT molecular complexity index is 733. The van der Waals surface area contributed by atoms with Crippen LogP contribution in [0.1, 0.15) is 69.7 Å². The van der Waals surface area contributed by atoms with Gasteiger partial charge in [0.05, 0.1) is 0 Å². The third-order valence-corrected chi connectivity index (χ3v) is 5.00. The average Bonchev–Trinajstić information content (AvgIpc) is 3.22. The minimum atomic E-state index is -0.373. The van der Waals surface area contributed by atoms with E-state index >= 15 is 0 Å². The molecular weight excluding hydrogens is 362 g/mol. The zero-order chi connectivity index (χ0) is 18.4. The van der Waals surface area contributed by atoms with E-state index in [1.54, 1.807) is 0 Å². The van der Waals surface area contributed by atoms with Gasteiger partial charge in [0.25, 0.3) is 5.89 Å². The summed E-state index contributed by atoms with van der Waals surface area (Å²) in [5, 5.41) is 4.12. The van der Waals surface area contributed by atoms with E-state index in [9.17, 15) is 0 Å². The van der Waals surface area contributed by atoms with Crippen molar-refractivity contribution in [1.29, 1.82) is 0 Å². The van der Waals surface area contributed by atoms with Crippen LogP contribution in [0.5, 0.6) is 0 Å². The summed E-state index contributed by atoms with van der Waals surface area (Å²) in [6.07, 6.45) is 10.8. The second-order valence-corrected chi connectivity index (χ2v) is 7.30. The standard InChI is InChI=1S/C20H29N5O.ClH/c1-2-3-4-5-6-7-8-15-9-11-16(12-10-15)17-23-18(26-25-17)20(13-14-20)24-19(21)22;/h9-12H,2-8,13-14H2,1H3,(H4,21,22,24);1H. The summed E-state index contributed by atoms with van der Waals surface area (Å²) in [6, 6.07) is 8.46. The van der Waals surface area contributed by atoms with Gasteiger partial charge in [-0.15, -0.1) is 0 Å². The lowest BCUT2D eigenvalue weighted by atomic mass is 10.0. The van der Waals surface area contributed by atoms with E-state index in [0.717, 1.165) is 24.8 Å². The number of hydrogen-bond acceptors (Lipinski definition) is 3. The zero-order valence-electron chi connectivity index (χ0n) is 16.0. The molecule has 0 bridgehead atoms. The number of nitrogens with zero attached hydrogens (tertiary/aromatic N) is 2. The van der Waals surface area contributed by atoms with Crippen LogP contribution in [0.3, 0.4) is 0 Å². The quantitative estimate of drug-likeness (QED) is 0.273. The van der Waals surface area contributed by atoms with Crippen LogP contribution in [-0.2, 0) is 12.0 Å². The molecule has 1 aromatic carbocycles. The number of guanidine groups is 1. The van der Waals surface area contributed by atoms with Crippen molar-refractivity contribution >= 4 is 5.96 Å². The summed E-state index contributed by atoms with van der Waals surface area (Å²) >= 11 is 0. The van der Waals surface area contributed by atoms with Gasteiger partial charge in [-0.2, -0.15) is 4.98 Å². The molecule has 0 radical (unpaired) electrons. The first-order valence-corrected chi connectivity index (χ1v) is 9.72. The second-order valence-electron chi connectivity index (χ2n) is 7.30. The van der Waals surface area contributed by atoms with E-state index in [4.69, 9.17) is 16.0 Å². The highest BCUT2D eigenvalue weighted by Crippen LogP contribution is 2.40. The van der Waals surface area contributed by atoms with Crippen LogP contribution in [0.15, 0.2) is 28.8 Å². The second kappa shape index (κ2) is 9.74. The van der Waals surface area contributed by atoms with Gasteiger partial charge in [0.1, 0.15) is 0 Å². The van der Waals surface area contributed by atoms with Crippen molar-refractivity contribution in [1.82, 2.24) is 10.1 Å². The van der Waals surface area contributed by atoms with Crippen LogP contribution in [0.2, 0.25) is 0 Å². The van der Waals surface area contributed by atoms with E-state index < -0.39 is 0 Å². The lowest BCUT2D eigenvalue weighted by molar-refractivity contribution is -0.535. The van der Waals surface area contributed by atoms with Crippen molar-refractivity contribution in [3.8, 4) is 11.4 Å². The number of nitrogens with two attached hydrogens (primary N) is 2. The summed E-state index contributed by atoms with van der Waals surface area (Å²) in [7, 11) is 0. The molecule has 1 saturated carbocycles. The predicted molar refractivity (Wildman–Crippen MR) is 102 cm³/mol. The molecule has 0 saturated heterocycles. The Kier molecular flexibility index (Phi) is 7.66. The van der Waals surface area contributed by atoms with Gasteiger partial charge in [0.2, 0.25) is 5.82 Å². The topological polar surface area (TPSA) is 105 Å². The van der Waals surface area contributed by atoms with E-state index in [1.807, 2.05) is 0 Å². The summed E-state index contributed by atoms with van der Waals surface area (Å²) in [5.41, 5.74) is 13.1. The molecule has 27 heavy (non-hydrogen) atoms. The van der Waals surface area contributed by atoms with Gasteiger partial charge in [0, 0.05) is 5.56 Å². The minimum Gasteiger partial charge on any atom is -1.00 e. The van der Waals surface area contributed by atoms with Gasteiger partial charge < -0.3 is 16.9 Å². The highest BCUT2D eigenvalue weighted by atomic mass is 35.5. The maximum absolute atomic E-state index is 5.56. The smallest absolute Gasteiger partial charge is 0.339 e. The van der Waals surface area contributed by atoms with Crippen LogP contribution in [0, 0.1) is 0 Å².